The maximum atomic E-state index is 12.8. The average molecular weight is 516 g/mol. The third-order valence-electron chi connectivity index (χ3n) is 7.06. The minimum atomic E-state index is -0.592. The maximum Gasteiger partial charge on any atom is 0.309 e. The van der Waals surface area contributed by atoms with Gasteiger partial charge in [-0.3, -0.25) is 14.5 Å². The molecule has 2 unspecified atom stereocenters. The molecule has 1 fully saturated rings. The van der Waals surface area contributed by atoms with Crippen molar-refractivity contribution in [2.75, 3.05) is 37.6 Å². The normalized spacial score (nSPS) is 15.9. The molecule has 0 radical (unpaired) electrons. The zero-order valence-electron chi connectivity index (χ0n) is 21.0. The van der Waals surface area contributed by atoms with Crippen LogP contribution in [0.4, 0.5) is 5.69 Å². The summed E-state index contributed by atoms with van der Waals surface area (Å²) in [6, 6.07) is 22.5. The smallest absolute Gasteiger partial charge is 0.309 e. The Morgan fingerprint density at radius 3 is 2.46 bits per heavy atom. The second-order valence-electron chi connectivity index (χ2n) is 9.45. The lowest BCUT2D eigenvalue weighted by atomic mass is 10.0. The first-order chi connectivity index (χ1) is 18.1. The van der Waals surface area contributed by atoms with Crippen LogP contribution in [0, 0.1) is 0 Å². The number of fused-ring (bicyclic) bond motifs is 1. The predicted octanol–water partition coefficient (Wildman–Crippen LogP) is 3.96. The molecule has 1 saturated heterocycles. The van der Waals surface area contributed by atoms with E-state index in [4.69, 9.17) is 0 Å². The van der Waals surface area contributed by atoms with Crippen molar-refractivity contribution < 1.29 is 9.59 Å². The molecule has 0 aliphatic carbocycles. The van der Waals surface area contributed by atoms with Crippen LogP contribution in [0.1, 0.15) is 23.4 Å². The lowest BCUT2D eigenvalue weighted by Crippen LogP contribution is -2.53. The van der Waals surface area contributed by atoms with E-state index in [-0.39, 0.29) is 12.1 Å². The number of aromatic amines is 1. The Labute approximate surface area is 221 Å². The van der Waals surface area contributed by atoms with Crippen molar-refractivity contribution in [3.8, 4) is 0 Å². The maximum absolute atomic E-state index is 12.8. The number of rotatable bonds is 8. The molecule has 0 bridgehead atoms. The highest BCUT2D eigenvalue weighted by Gasteiger charge is 2.31. The Morgan fingerprint density at radius 1 is 0.946 bits per heavy atom. The molecule has 192 valence electrons. The molecule has 7 nitrogen and oxygen atoms in total. The van der Waals surface area contributed by atoms with Gasteiger partial charge in [0.1, 0.15) is 0 Å². The van der Waals surface area contributed by atoms with Crippen molar-refractivity contribution >= 4 is 39.7 Å². The topological polar surface area (TPSA) is 80.5 Å². The summed E-state index contributed by atoms with van der Waals surface area (Å²) < 4.78 is 0. The summed E-state index contributed by atoms with van der Waals surface area (Å²) in [5.41, 5.74) is 3.43. The molecule has 4 aromatic rings. The molecule has 0 saturated carbocycles. The van der Waals surface area contributed by atoms with E-state index in [0.717, 1.165) is 42.6 Å². The lowest BCUT2D eigenvalue weighted by molar-refractivity contribution is -0.139. The van der Waals surface area contributed by atoms with Crippen LogP contribution < -0.4 is 15.5 Å². The number of nitrogens with one attached hydrogen (secondary N) is 3. The minimum Gasteiger partial charge on any atom is -0.369 e. The first-order valence-corrected chi connectivity index (χ1v) is 13.7. The number of hydrogen-bond acceptors (Lipinski definition) is 5. The van der Waals surface area contributed by atoms with Crippen LogP contribution in [0.3, 0.4) is 0 Å². The fourth-order valence-electron chi connectivity index (χ4n) is 5.18. The molecule has 2 aromatic carbocycles. The number of nitrogens with zero attached hydrogens (tertiary/aromatic N) is 2. The Balaban J connectivity index is 1.16. The van der Waals surface area contributed by atoms with Gasteiger partial charge >= 0.3 is 11.8 Å². The number of thiophene rings is 1. The van der Waals surface area contributed by atoms with Gasteiger partial charge in [-0.15, -0.1) is 11.3 Å². The molecule has 37 heavy (non-hydrogen) atoms. The van der Waals surface area contributed by atoms with Crippen molar-refractivity contribution in [3.63, 3.8) is 0 Å². The van der Waals surface area contributed by atoms with Crippen LogP contribution in [0.15, 0.2) is 78.3 Å². The highest BCUT2D eigenvalue weighted by Crippen LogP contribution is 2.30. The fraction of sp³-hybridized carbons (Fsp3) is 0.310. The Bertz CT molecular complexity index is 1310. The minimum absolute atomic E-state index is 0.0147. The molecule has 1 aliphatic rings. The Morgan fingerprint density at radius 2 is 1.70 bits per heavy atom. The van der Waals surface area contributed by atoms with Crippen LogP contribution in [0.25, 0.3) is 10.9 Å². The van der Waals surface area contributed by atoms with E-state index in [2.05, 4.69) is 67.2 Å². The molecule has 1 aliphatic heterocycles. The Hall–Kier alpha value is -3.62. The van der Waals surface area contributed by atoms with E-state index in [1.165, 1.54) is 10.6 Å². The van der Waals surface area contributed by atoms with Gasteiger partial charge in [0.15, 0.2) is 0 Å². The molecule has 8 heteroatoms. The van der Waals surface area contributed by atoms with E-state index in [1.54, 1.807) is 11.3 Å². The van der Waals surface area contributed by atoms with Crippen molar-refractivity contribution in [3.05, 3.63) is 88.7 Å². The lowest BCUT2D eigenvalue weighted by Gasteiger charge is -2.42. The van der Waals surface area contributed by atoms with Crippen molar-refractivity contribution in [1.29, 1.82) is 0 Å². The highest BCUT2D eigenvalue weighted by molar-refractivity contribution is 7.10. The van der Waals surface area contributed by atoms with Gasteiger partial charge in [0.05, 0.1) is 6.04 Å². The number of H-pyrrole nitrogens is 1. The highest BCUT2D eigenvalue weighted by atomic mass is 32.1. The van der Waals surface area contributed by atoms with Crippen LogP contribution >= 0.6 is 11.3 Å². The molecule has 3 N–H and O–H groups in total. The molecule has 3 heterocycles. The van der Waals surface area contributed by atoms with E-state index < -0.39 is 11.8 Å². The molecular formula is C29H33N5O2S. The summed E-state index contributed by atoms with van der Waals surface area (Å²) in [7, 11) is 0. The molecular weight excluding hydrogens is 482 g/mol. The summed E-state index contributed by atoms with van der Waals surface area (Å²) in [5, 5.41) is 8.97. The zero-order chi connectivity index (χ0) is 25.6. The second-order valence-corrected chi connectivity index (χ2v) is 10.4. The number of para-hydroxylation sites is 2. The third-order valence-corrected chi connectivity index (χ3v) is 8.00. The van der Waals surface area contributed by atoms with Gasteiger partial charge in [0.25, 0.3) is 0 Å². The van der Waals surface area contributed by atoms with E-state index >= 15 is 0 Å². The Kier molecular flexibility index (Phi) is 7.87. The summed E-state index contributed by atoms with van der Waals surface area (Å²) in [5.74, 6) is -1.18. The van der Waals surface area contributed by atoms with Gasteiger partial charge < -0.3 is 20.5 Å². The molecule has 5 rings (SSSR count). The quantitative estimate of drug-likeness (QED) is 0.311. The van der Waals surface area contributed by atoms with Gasteiger partial charge in [-0.2, -0.15) is 0 Å². The number of amides is 2. The van der Waals surface area contributed by atoms with Gasteiger partial charge in [-0.05, 0) is 48.6 Å². The van der Waals surface area contributed by atoms with Crippen molar-refractivity contribution in [1.82, 2.24) is 20.5 Å². The molecule has 0 spiro atoms. The number of hydrogen-bond donors (Lipinski definition) is 3. The first kappa shape index (κ1) is 25.0. The van der Waals surface area contributed by atoms with Gasteiger partial charge in [-0.25, -0.2) is 0 Å². The summed E-state index contributed by atoms with van der Waals surface area (Å²) in [6.07, 6.45) is 2.62. The van der Waals surface area contributed by atoms with Gasteiger partial charge in [0, 0.05) is 66.4 Å². The monoisotopic (exact) mass is 515 g/mol. The van der Waals surface area contributed by atoms with Gasteiger partial charge in [0.2, 0.25) is 0 Å². The fourth-order valence-corrected chi connectivity index (χ4v) is 6.14. The van der Waals surface area contributed by atoms with Crippen LogP contribution in [-0.2, 0) is 16.0 Å². The van der Waals surface area contributed by atoms with Crippen molar-refractivity contribution in [2.24, 2.45) is 0 Å². The first-order valence-electron chi connectivity index (χ1n) is 12.8. The number of aromatic nitrogens is 1. The van der Waals surface area contributed by atoms with E-state index in [1.807, 2.05) is 43.5 Å². The molecule has 2 amide bonds. The van der Waals surface area contributed by atoms with Crippen molar-refractivity contribution in [2.45, 2.75) is 25.4 Å². The number of carbonyl (C=O) groups excluding carboxylic acids is 2. The standard InChI is InChI=1S/C29H33N5O2S/c1-21(32-29(36)28(35)30-14-13-22-20-31-25-11-6-5-10-24(22)25)27(26-12-7-19-37-26)34-17-15-33(16-18-34)23-8-3-2-4-9-23/h2-12,19-21,27,31H,13-18H2,1H3,(H,30,35)(H,32,36). The summed E-state index contributed by atoms with van der Waals surface area (Å²) in [6.45, 7) is 5.99. The summed E-state index contributed by atoms with van der Waals surface area (Å²) >= 11 is 1.69. The number of anilines is 1. The number of piperazine rings is 1. The molecule has 2 atom stereocenters. The van der Waals surface area contributed by atoms with E-state index in [9.17, 15) is 9.59 Å². The molecule has 2 aromatic heterocycles. The SMILES string of the molecule is CC(NC(=O)C(=O)NCCc1c[nH]c2ccccc12)C(c1cccs1)N1CCN(c2ccccc2)CC1. The number of carbonyl (C=O) groups is 2. The van der Waals surface area contributed by atoms with E-state index in [0.29, 0.717) is 13.0 Å². The summed E-state index contributed by atoms with van der Waals surface area (Å²) in [4.78, 5) is 34.7. The van der Waals surface area contributed by atoms with Crippen LogP contribution in [0.2, 0.25) is 0 Å². The van der Waals surface area contributed by atoms with Crippen LogP contribution in [-0.4, -0.2) is 60.5 Å². The average Bonchev–Trinajstić information content (AvgIpc) is 3.60. The predicted molar refractivity (Wildman–Crippen MR) is 150 cm³/mol. The zero-order valence-corrected chi connectivity index (χ0v) is 21.8. The number of benzene rings is 2. The largest absolute Gasteiger partial charge is 0.369 e. The third kappa shape index (κ3) is 5.87. The van der Waals surface area contributed by atoms with Crippen LogP contribution in [0.5, 0.6) is 0 Å². The second kappa shape index (κ2) is 11.6. The van der Waals surface area contributed by atoms with Gasteiger partial charge in [-0.1, -0.05) is 42.5 Å².